The van der Waals surface area contributed by atoms with Gasteiger partial charge in [0.15, 0.2) is 12.2 Å². The van der Waals surface area contributed by atoms with E-state index in [4.69, 9.17) is 37.0 Å². The number of aliphatic hydroxyl groups is 1. The summed E-state index contributed by atoms with van der Waals surface area (Å²) < 4.78 is 67.7. The predicted octanol–water partition coefficient (Wildman–Crippen LogP) is 17.0. The highest BCUT2D eigenvalue weighted by Crippen LogP contribution is 2.45. The second-order valence-corrected chi connectivity index (χ2v) is 25.8. The molecule has 0 aromatic rings. The minimum absolute atomic E-state index is 0.105. The van der Waals surface area contributed by atoms with E-state index in [9.17, 15) is 43.2 Å². The van der Waals surface area contributed by atoms with Crippen molar-refractivity contribution < 1.29 is 80.2 Å². The molecule has 0 bridgehead atoms. The Morgan fingerprint density at radius 3 is 0.840 bits per heavy atom. The van der Waals surface area contributed by atoms with E-state index in [0.29, 0.717) is 31.6 Å². The topological polar surface area (TPSA) is 237 Å². The van der Waals surface area contributed by atoms with Crippen LogP contribution in [0.15, 0.2) is 0 Å². The summed E-state index contributed by atoms with van der Waals surface area (Å²) in [6, 6.07) is 0. The molecule has 5 atom stereocenters. The molecule has 480 valence electrons. The fourth-order valence-electron chi connectivity index (χ4n) is 9.23. The van der Waals surface area contributed by atoms with Crippen LogP contribution >= 0.6 is 15.6 Å². The van der Waals surface area contributed by atoms with Gasteiger partial charge in [-0.1, -0.05) is 259 Å². The summed E-state index contributed by atoms with van der Waals surface area (Å²) in [6.45, 7) is 7.02. The first-order chi connectivity index (χ1) is 39.0. The molecule has 2 unspecified atom stereocenters. The van der Waals surface area contributed by atoms with Gasteiger partial charge in [0.25, 0.3) is 0 Å². The number of carbonyl (C=O) groups is 4. The fraction of sp³-hybridized carbons (Fsp3) is 0.935. The van der Waals surface area contributed by atoms with Crippen molar-refractivity contribution in [3.05, 3.63) is 0 Å². The Balaban J connectivity index is 5.13. The lowest BCUT2D eigenvalue weighted by atomic mass is 10.0. The van der Waals surface area contributed by atoms with Crippen LogP contribution in [0.3, 0.4) is 0 Å². The number of phosphoric ester groups is 2. The van der Waals surface area contributed by atoms with Crippen molar-refractivity contribution in [1.82, 2.24) is 0 Å². The van der Waals surface area contributed by atoms with Crippen LogP contribution in [-0.4, -0.2) is 96.7 Å². The van der Waals surface area contributed by atoms with Gasteiger partial charge in [-0.3, -0.25) is 37.3 Å². The first-order valence-corrected chi connectivity index (χ1v) is 35.6. The SMILES string of the molecule is CCCCCCCCCCCCCCCCCCCC(=O)O[C@H](COC(=O)CCCCCCCCCC(C)C)COP(=O)(O)OC[C@@H](O)COP(=O)(O)OC[C@@H](COC(=O)CCCCCCC)OC(=O)CCCCCCCCCCC. The summed E-state index contributed by atoms with van der Waals surface area (Å²) in [5.41, 5.74) is 0. The van der Waals surface area contributed by atoms with Crippen LogP contribution in [0.1, 0.15) is 311 Å². The summed E-state index contributed by atoms with van der Waals surface area (Å²) in [4.78, 5) is 71.8. The fourth-order valence-corrected chi connectivity index (χ4v) is 10.8. The Morgan fingerprint density at radius 1 is 0.333 bits per heavy atom. The number of carbonyl (C=O) groups excluding carboxylic acids is 4. The van der Waals surface area contributed by atoms with Crippen LogP contribution in [0.25, 0.3) is 0 Å². The molecule has 19 heteroatoms. The van der Waals surface area contributed by atoms with E-state index in [0.717, 1.165) is 103 Å². The van der Waals surface area contributed by atoms with Gasteiger partial charge in [0.2, 0.25) is 0 Å². The molecule has 0 amide bonds. The van der Waals surface area contributed by atoms with Crippen molar-refractivity contribution in [3.63, 3.8) is 0 Å². The number of unbranched alkanes of at least 4 members (excludes halogenated alkanes) is 34. The molecular weight excluding hydrogens is 1080 g/mol. The highest BCUT2D eigenvalue weighted by atomic mass is 31.2. The zero-order valence-electron chi connectivity index (χ0n) is 51.9. The predicted molar refractivity (Wildman–Crippen MR) is 322 cm³/mol. The van der Waals surface area contributed by atoms with Gasteiger partial charge in [0, 0.05) is 25.7 Å². The van der Waals surface area contributed by atoms with Crippen LogP contribution in [0.4, 0.5) is 0 Å². The molecular formula is C62H120O17P2. The maximum absolute atomic E-state index is 12.9. The zero-order chi connectivity index (χ0) is 59.9. The second kappa shape index (κ2) is 55.9. The summed E-state index contributed by atoms with van der Waals surface area (Å²) in [5.74, 6) is -1.44. The lowest BCUT2D eigenvalue weighted by Gasteiger charge is -2.21. The summed E-state index contributed by atoms with van der Waals surface area (Å²) in [6.07, 6.45) is 39.4. The van der Waals surface area contributed by atoms with Crippen LogP contribution in [-0.2, 0) is 65.4 Å². The first-order valence-electron chi connectivity index (χ1n) is 32.6. The Hall–Kier alpha value is -1.94. The molecule has 0 saturated heterocycles. The van der Waals surface area contributed by atoms with Gasteiger partial charge >= 0.3 is 39.5 Å². The third-order valence-corrected chi connectivity index (χ3v) is 16.2. The van der Waals surface area contributed by atoms with Crippen molar-refractivity contribution in [2.45, 2.75) is 329 Å². The highest BCUT2D eigenvalue weighted by molar-refractivity contribution is 7.47. The van der Waals surface area contributed by atoms with Crippen molar-refractivity contribution in [1.29, 1.82) is 0 Å². The minimum Gasteiger partial charge on any atom is -0.462 e. The maximum atomic E-state index is 12.9. The van der Waals surface area contributed by atoms with E-state index in [-0.39, 0.29) is 25.7 Å². The van der Waals surface area contributed by atoms with E-state index in [1.54, 1.807) is 0 Å². The monoisotopic (exact) mass is 1200 g/mol. The van der Waals surface area contributed by atoms with Gasteiger partial charge in [-0.25, -0.2) is 9.13 Å². The van der Waals surface area contributed by atoms with Crippen LogP contribution in [0, 0.1) is 5.92 Å². The molecule has 0 radical (unpaired) electrons. The van der Waals surface area contributed by atoms with E-state index in [2.05, 4.69) is 34.6 Å². The Morgan fingerprint density at radius 2 is 0.568 bits per heavy atom. The zero-order valence-corrected chi connectivity index (χ0v) is 53.7. The lowest BCUT2D eigenvalue weighted by Crippen LogP contribution is -2.30. The highest BCUT2D eigenvalue weighted by Gasteiger charge is 2.30. The molecule has 0 aliphatic carbocycles. The molecule has 17 nitrogen and oxygen atoms in total. The molecule has 3 N–H and O–H groups in total. The molecule has 0 aliphatic heterocycles. The van der Waals surface area contributed by atoms with E-state index in [1.165, 1.54) is 122 Å². The van der Waals surface area contributed by atoms with E-state index >= 15 is 0 Å². The van der Waals surface area contributed by atoms with Crippen molar-refractivity contribution in [2.24, 2.45) is 5.92 Å². The average molecular weight is 1200 g/mol. The van der Waals surface area contributed by atoms with Gasteiger partial charge in [0.05, 0.1) is 26.4 Å². The largest absolute Gasteiger partial charge is 0.472 e. The van der Waals surface area contributed by atoms with Gasteiger partial charge in [-0.2, -0.15) is 0 Å². The van der Waals surface area contributed by atoms with Gasteiger partial charge in [-0.05, 0) is 31.6 Å². The molecule has 81 heavy (non-hydrogen) atoms. The molecule has 0 spiro atoms. The van der Waals surface area contributed by atoms with Gasteiger partial charge < -0.3 is 33.8 Å². The number of aliphatic hydroxyl groups excluding tert-OH is 1. The third-order valence-electron chi connectivity index (χ3n) is 14.3. The summed E-state index contributed by atoms with van der Waals surface area (Å²) in [7, 11) is -9.87. The van der Waals surface area contributed by atoms with Gasteiger partial charge in [0.1, 0.15) is 19.3 Å². The molecule has 0 aromatic heterocycles. The van der Waals surface area contributed by atoms with E-state index in [1.807, 2.05) is 0 Å². The quantitative estimate of drug-likeness (QED) is 0.0222. The number of esters is 4. The van der Waals surface area contributed by atoms with E-state index < -0.39 is 97.5 Å². The third kappa shape index (κ3) is 56.9. The van der Waals surface area contributed by atoms with Gasteiger partial charge in [-0.15, -0.1) is 0 Å². The van der Waals surface area contributed by atoms with Crippen molar-refractivity contribution in [2.75, 3.05) is 39.6 Å². The number of ether oxygens (including phenoxy) is 4. The average Bonchev–Trinajstić information content (AvgIpc) is 3.43. The Kier molecular flexibility index (Phi) is 54.6. The number of rotatable bonds is 62. The minimum atomic E-state index is -4.94. The Labute approximate surface area is 492 Å². The Bertz CT molecular complexity index is 1580. The molecule has 0 heterocycles. The van der Waals surface area contributed by atoms with Crippen molar-refractivity contribution >= 4 is 39.5 Å². The second-order valence-electron chi connectivity index (χ2n) is 22.9. The molecule has 0 rings (SSSR count). The lowest BCUT2D eigenvalue weighted by molar-refractivity contribution is -0.161. The maximum Gasteiger partial charge on any atom is 0.472 e. The molecule has 0 aliphatic rings. The molecule has 0 aromatic carbocycles. The number of phosphoric acid groups is 2. The number of hydrogen-bond donors (Lipinski definition) is 3. The smallest absolute Gasteiger partial charge is 0.462 e. The van der Waals surface area contributed by atoms with Crippen LogP contribution in [0.2, 0.25) is 0 Å². The first kappa shape index (κ1) is 79.1. The van der Waals surface area contributed by atoms with Crippen LogP contribution < -0.4 is 0 Å². The van der Waals surface area contributed by atoms with Crippen molar-refractivity contribution in [3.8, 4) is 0 Å². The number of hydrogen-bond acceptors (Lipinski definition) is 15. The standard InChI is InChI=1S/C62H120O17P2/c1-6-9-12-15-17-19-20-21-22-23-24-25-26-28-32-38-43-48-62(67)79-58(52-73-60(65)46-41-36-33-29-30-35-39-44-55(4)5)54-77-81(70,71)75-50-56(63)49-74-80(68,69)76-53-57(51-72-59(64)45-40-34-14-11-8-3)78-61(66)47-42-37-31-27-18-16-13-10-7-2/h55-58,63H,6-54H2,1-5H3,(H,68,69)(H,70,71)/t56-,57+,58+/m0/s1. The molecule has 0 fully saturated rings. The normalized spacial score (nSPS) is 14.3. The molecule has 0 saturated carbocycles. The summed E-state index contributed by atoms with van der Waals surface area (Å²) in [5, 5.41) is 10.5. The summed E-state index contributed by atoms with van der Waals surface area (Å²) >= 11 is 0. The van der Waals surface area contributed by atoms with Crippen LogP contribution in [0.5, 0.6) is 0 Å².